The number of likely N-dealkylation sites (N-methyl/N-ethyl adjacent to an activating group) is 1. The second-order valence-electron chi connectivity index (χ2n) is 7.70. The van der Waals surface area contributed by atoms with Crippen molar-refractivity contribution >= 4 is 16.9 Å². The monoisotopic (exact) mass is 405 g/mol. The molecule has 6 nitrogen and oxygen atoms in total. The molecule has 1 amide bonds. The van der Waals surface area contributed by atoms with E-state index >= 15 is 0 Å². The lowest BCUT2D eigenvalue weighted by atomic mass is 9.98. The van der Waals surface area contributed by atoms with E-state index in [1.807, 2.05) is 38.4 Å². The number of carbonyl (C=O) groups is 1. The van der Waals surface area contributed by atoms with E-state index < -0.39 is 6.04 Å². The van der Waals surface area contributed by atoms with Crippen LogP contribution in [0, 0.1) is 0 Å². The van der Waals surface area contributed by atoms with Crippen molar-refractivity contribution in [1.29, 1.82) is 0 Å². The molecule has 30 heavy (non-hydrogen) atoms. The first-order valence-corrected chi connectivity index (χ1v) is 10.0. The third kappa shape index (κ3) is 3.50. The van der Waals surface area contributed by atoms with Crippen LogP contribution in [0.2, 0.25) is 0 Å². The van der Waals surface area contributed by atoms with Gasteiger partial charge in [-0.05, 0) is 29.8 Å². The first kappa shape index (κ1) is 19.9. The van der Waals surface area contributed by atoms with Crippen molar-refractivity contribution in [3.63, 3.8) is 0 Å². The molecule has 1 aliphatic heterocycles. The molecule has 0 bridgehead atoms. The van der Waals surface area contributed by atoms with Crippen LogP contribution in [0.5, 0.6) is 5.75 Å². The molecule has 0 fully saturated rings. The van der Waals surface area contributed by atoms with E-state index in [-0.39, 0.29) is 17.1 Å². The molecule has 0 saturated carbocycles. The van der Waals surface area contributed by atoms with Gasteiger partial charge in [0.1, 0.15) is 17.9 Å². The van der Waals surface area contributed by atoms with Crippen LogP contribution in [0.15, 0.2) is 70.4 Å². The summed E-state index contributed by atoms with van der Waals surface area (Å²) >= 11 is 0. The molecule has 1 aromatic heterocycles. The number of nitrogens with one attached hydrogen (secondary N) is 1. The van der Waals surface area contributed by atoms with E-state index in [4.69, 9.17) is 9.15 Å². The molecule has 1 aliphatic rings. The van der Waals surface area contributed by atoms with Gasteiger partial charge in [-0.2, -0.15) is 0 Å². The maximum Gasteiger partial charge on any atom is 0.291 e. The summed E-state index contributed by atoms with van der Waals surface area (Å²) in [7, 11) is 4.06. The number of fused-ring (bicyclic) bond motifs is 2. The van der Waals surface area contributed by atoms with E-state index in [2.05, 4.69) is 6.58 Å². The van der Waals surface area contributed by atoms with Gasteiger partial charge in [0.05, 0.1) is 44.2 Å². The summed E-state index contributed by atoms with van der Waals surface area (Å²) in [4.78, 5) is 29.6. The SMILES string of the molecule is C=CCOc1cccc([C@H]2c3c(oc4ccccc4c3=O)C(=O)N2CC[NH+](C)C)c1. The lowest BCUT2D eigenvalue weighted by molar-refractivity contribution is -0.857. The van der Waals surface area contributed by atoms with E-state index in [9.17, 15) is 9.59 Å². The van der Waals surface area contributed by atoms with Crippen molar-refractivity contribution in [2.24, 2.45) is 0 Å². The fourth-order valence-corrected chi connectivity index (χ4v) is 3.82. The summed E-state index contributed by atoms with van der Waals surface area (Å²) in [5.41, 5.74) is 1.48. The Morgan fingerprint density at radius 3 is 2.73 bits per heavy atom. The van der Waals surface area contributed by atoms with E-state index in [1.165, 1.54) is 4.90 Å². The predicted octanol–water partition coefficient (Wildman–Crippen LogP) is 2.05. The van der Waals surface area contributed by atoms with Gasteiger partial charge in [-0.3, -0.25) is 9.59 Å². The molecule has 6 heteroatoms. The van der Waals surface area contributed by atoms with Crippen LogP contribution in [0.25, 0.3) is 11.0 Å². The van der Waals surface area contributed by atoms with Gasteiger partial charge in [0, 0.05) is 0 Å². The number of amides is 1. The van der Waals surface area contributed by atoms with Crippen LogP contribution in [0.4, 0.5) is 0 Å². The van der Waals surface area contributed by atoms with Gasteiger partial charge in [0.15, 0.2) is 5.43 Å². The maximum atomic E-state index is 13.4. The van der Waals surface area contributed by atoms with E-state index in [0.717, 1.165) is 12.1 Å². The smallest absolute Gasteiger partial charge is 0.291 e. The number of para-hydroxylation sites is 1. The van der Waals surface area contributed by atoms with Gasteiger partial charge < -0.3 is 19.0 Å². The highest BCUT2D eigenvalue weighted by atomic mass is 16.5. The number of benzene rings is 2. The summed E-state index contributed by atoms with van der Waals surface area (Å²) in [6.45, 7) is 5.30. The molecule has 154 valence electrons. The molecule has 1 N–H and O–H groups in total. The Morgan fingerprint density at radius 2 is 1.97 bits per heavy atom. The Bertz CT molecular complexity index is 1170. The summed E-state index contributed by atoms with van der Waals surface area (Å²) in [5.74, 6) is 0.544. The average Bonchev–Trinajstić information content (AvgIpc) is 3.03. The quantitative estimate of drug-likeness (QED) is 0.611. The number of nitrogens with zero attached hydrogens (tertiary/aromatic N) is 1. The molecular weight excluding hydrogens is 380 g/mol. The Labute approximate surface area is 175 Å². The zero-order chi connectivity index (χ0) is 21.3. The van der Waals surface area contributed by atoms with Gasteiger partial charge in [-0.15, -0.1) is 0 Å². The number of hydrogen-bond acceptors (Lipinski definition) is 4. The second kappa shape index (κ2) is 8.16. The third-order valence-corrected chi connectivity index (χ3v) is 5.27. The van der Waals surface area contributed by atoms with Crippen molar-refractivity contribution in [3.05, 3.63) is 88.3 Å². The van der Waals surface area contributed by atoms with Gasteiger partial charge in [0.25, 0.3) is 5.91 Å². The molecule has 0 radical (unpaired) electrons. The number of rotatable bonds is 7. The Balaban J connectivity index is 1.88. The van der Waals surface area contributed by atoms with Crippen molar-refractivity contribution in [1.82, 2.24) is 4.90 Å². The molecule has 2 aromatic carbocycles. The van der Waals surface area contributed by atoms with Crippen molar-refractivity contribution in [2.45, 2.75) is 6.04 Å². The van der Waals surface area contributed by atoms with Gasteiger partial charge >= 0.3 is 0 Å². The highest BCUT2D eigenvalue weighted by molar-refractivity contribution is 5.99. The van der Waals surface area contributed by atoms with Gasteiger partial charge in [-0.1, -0.05) is 36.9 Å². The van der Waals surface area contributed by atoms with E-state index in [0.29, 0.717) is 35.4 Å². The van der Waals surface area contributed by atoms with Crippen LogP contribution >= 0.6 is 0 Å². The predicted molar refractivity (Wildman–Crippen MR) is 115 cm³/mol. The van der Waals surface area contributed by atoms with Crippen molar-refractivity contribution < 1.29 is 18.8 Å². The zero-order valence-corrected chi connectivity index (χ0v) is 17.2. The minimum Gasteiger partial charge on any atom is -0.490 e. The molecule has 1 atom stereocenters. The summed E-state index contributed by atoms with van der Waals surface area (Å²) in [6.07, 6.45) is 1.67. The Kier molecular flexibility index (Phi) is 5.42. The Morgan fingerprint density at radius 1 is 1.17 bits per heavy atom. The van der Waals surface area contributed by atoms with E-state index in [1.54, 1.807) is 35.2 Å². The normalized spacial score (nSPS) is 15.6. The highest BCUT2D eigenvalue weighted by Crippen LogP contribution is 2.38. The summed E-state index contributed by atoms with van der Waals surface area (Å²) in [5, 5.41) is 0.480. The van der Waals surface area contributed by atoms with Crippen LogP contribution in [0.1, 0.15) is 27.7 Å². The van der Waals surface area contributed by atoms with Crippen LogP contribution in [-0.4, -0.2) is 44.6 Å². The van der Waals surface area contributed by atoms with Crippen molar-refractivity contribution in [2.75, 3.05) is 33.8 Å². The minimum atomic E-state index is -0.514. The minimum absolute atomic E-state index is 0.134. The largest absolute Gasteiger partial charge is 0.490 e. The molecule has 4 rings (SSSR count). The fraction of sp³-hybridized carbons (Fsp3) is 0.250. The fourth-order valence-electron chi connectivity index (χ4n) is 3.82. The average molecular weight is 405 g/mol. The summed E-state index contributed by atoms with van der Waals surface area (Å²) in [6, 6.07) is 14.0. The highest BCUT2D eigenvalue weighted by Gasteiger charge is 2.42. The Hall–Kier alpha value is -3.38. The molecular formula is C24H25N2O4+. The zero-order valence-electron chi connectivity index (χ0n) is 17.2. The topological polar surface area (TPSA) is 64.2 Å². The molecule has 0 spiro atoms. The first-order valence-electron chi connectivity index (χ1n) is 10.0. The number of hydrogen-bond donors (Lipinski definition) is 1. The molecule has 2 heterocycles. The first-order chi connectivity index (χ1) is 14.5. The molecule has 0 saturated heterocycles. The van der Waals surface area contributed by atoms with Crippen LogP contribution < -0.4 is 15.1 Å². The number of carbonyl (C=O) groups excluding carboxylic acids is 1. The number of ether oxygens (including phenoxy) is 1. The lowest BCUT2D eigenvalue weighted by Crippen LogP contribution is -3.06. The molecule has 3 aromatic rings. The number of quaternary nitrogens is 1. The second-order valence-corrected chi connectivity index (χ2v) is 7.70. The molecule has 0 aliphatic carbocycles. The molecule has 0 unspecified atom stereocenters. The van der Waals surface area contributed by atoms with Gasteiger partial charge in [0.2, 0.25) is 5.76 Å². The maximum absolute atomic E-state index is 13.4. The summed E-state index contributed by atoms with van der Waals surface area (Å²) < 4.78 is 11.6. The van der Waals surface area contributed by atoms with Gasteiger partial charge in [-0.25, -0.2) is 0 Å². The van der Waals surface area contributed by atoms with Crippen molar-refractivity contribution in [3.8, 4) is 5.75 Å². The standard InChI is InChI=1S/C24H24N2O4/c1-4-14-29-17-9-7-8-16(15-17)21-20-22(27)18-10-5-6-11-19(18)30-23(20)24(28)26(21)13-12-25(2)3/h4-11,15,21H,1,12-14H2,2-3H3/p+1/t21-/m0/s1. The van der Waals surface area contributed by atoms with Crippen LogP contribution in [-0.2, 0) is 0 Å². The van der Waals surface area contributed by atoms with Crippen LogP contribution in [0.3, 0.4) is 0 Å². The third-order valence-electron chi connectivity index (χ3n) is 5.27. The lowest BCUT2D eigenvalue weighted by Gasteiger charge is -2.25.